The number of hydrogen-bond donors (Lipinski definition) is 1. The lowest BCUT2D eigenvalue weighted by molar-refractivity contribution is 0.140. The van der Waals surface area contributed by atoms with Gasteiger partial charge in [0.05, 0.1) is 0 Å². The number of halogens is 2. The molecule has 1 aliphatic heterocycles. The summed E-state index contributed by atoms with van der Waals surface area (Å²) in [5.41, 5.74) is 1.27. The molecule has 2 rings (SSSR count). The molecule has 1 aliphatic rings. The Morgan fingerprint density at radius 2 is 2.12 bits per heavy atom. The summed E-state index contributed by atoms with van der Waals surface area (Å²) in [6.07, 6.45) is 2.61. The summed E-state index contributed by atoms with van der Waals surface area (Å²) in [5, 5.41) is 3.57. The molecule has 0 spiro atoms. The second kappa shape index (κ2) is 11.4. The van der Waals surface area contributed by atoms with Gasteiger partial charge in [0, 0.05) is 44.2 Å². The molecular formula is C19H32BrIN4. The maximum absolute atomic E-state index is 4.45. The fourth-order valence-electron chi connectivity index (χ4n) is 3.31. The van der Waals surface area contributed by atoms with Crippen molar-refractivity contribution in [3.63, 3.8) is 0 Å². The summed E-state index contributed by atoms with van der Waals surface area (Å²) in [6, 6.07) is 9.00. The normalized spacial score (nSPS) is 18.8. The van der Waals surface area contributed by atoms with Crippen LogP contribution in [-0.4, -0.2) is 55.5 Å². The van der Waals surface area contributed by atoms with Gasteiger partial charge in [-0.2, -0.15) is 0 Å². The van der Waals surface area contributed by atoms with Gasteiger partial charge >= 0.3 is 0 Å². The van der Waals surface area contributed by atoms with Gasteiger partial charge in [-0.25, -0.2) is 0 Å². The van der Waals surface area contributed by atoms with Crippen molar-refractivity contribution in [1.29, 1.82) is 0 Å². The van der Waals surface area contributed by atoms with E-state index in [1.807, 2.05) is 13.1 Å². The maximum Gasteiger partial charge on any atom is 0.193 e. The van der Waals surface area contributed by atoms with Crippen LogP contribution >= 0.6 is 39.9 Å². The third kappa shape index (κ3) is 7.06. The largest absolute Gasteiger partial charge is 0.356 e. The van der Waals surface area contributed by atoms with Crippen molar-refractivity contribution >= 4 is 45.9 Å². The number of piperidine rings is 1. The first kappa shape index (κ1) is 22.7. The molecule has 1 saturated heterocycles. The molecule has 25 heavy (non-hydrogen) atoms. The highest BCUT2D eigenvalue weighted by molar-refractivity contribution is 14.0. The molecule has 0 amide bonds. The van der Waals surface area contributed by atoms with Crippen molar-refractivity contribution in [3.05, 3.63) is 34.3 Å². The third-order valence-corrected chi connectivity index (χ3v) is 5.54. The monoisotopic (exact) mass is 522 g/mol. The molecule has 1 aromatic carbocycles. The van der Waals surface area contributed by atoms with Gasteiger partial charge in [0.2, 0.25) is 0 Å². The van der Waals surface area contributed by atoms with E-state index in [9.17, 15) is 0 Å². The highest BCUT2D eigenvalue weighted by atomic mass is 127. The highest BCUT2D eigenvalue weighted by Crippen LogP contribution is 2.19. The van der Waals surface area contributed by atoms with Crippen LogP contribution in [-0.2, 0) is 6.54 Å². The number of hydrogen-bond acceptors (Lipinski definition) is 2. The summed E-state index contributed by atoms with van der Waals surface area (Å²) < 4.78 is 1.15. The molecule has 1 atom stereocenters. The number of likely N-dealkylation sites (tertiary alicyclic amines) is 1. The first-order chi connectivity index (χ1) is 11.5. The molecule has 0 aromatic heterocycles. The van der Waals surface area contributed by atoms with Gasteiger partial charge in [0.15, 0.2) is 5.96 Å². The van der Waals surface area contributed by atoms with Gasteiger partial charge in [-0.1, -0.05) is 34.1 Å². The van der Waals surface area contributed by atoms with Gasteiger partial charge in [-0.15, -0.1) is 24.0 Å². The third-order valence-electron chi connectivity index (χ3n) is 4.77. The van der Waals surface area contributed by atoms with Crippen molar-refractivity contribution in [2.45, 2.75) is 39.3 Å². The van der Waals surface area contributed by atoms with E-state index in [0.29, 0.717) is 12.0 Å². The first-order valence-corrected chi connectivity index (χ1v) is 9.69. The molecule has 6 heteroatoms. The summed E-state index contributed by atoms with van der Waals surface area (Å²) >= 11 is 3.63. The minimum absolute atomic E-state index is 0. The topological polar surface area (TPSA) is 30.9 Å². The van der Waals surface area contributed by atoms with E-state index in [-0.39, 0.29) is 24.0 Å². The van der Waals surface area contributed by atoms with Gasteiger partial charge in [0.25, 0.3) is 0 Å². The minimum Gasteiger partial charge on any atom is -0.356 e. The van der Waals surface area contributed by atoms with E-state index in [2.05, 4.69) is 75.1 Å². The van der Waals surface area contributed by atoms with Crippen LogP contribution in [0.1, 0.15) is 32.3 Å². The average molecular weight is 523 g/mol. The van der Waals surface area contributed by atoms with Gasteiger partial charge in [-0.05, 0) is 50.8 Å². The Bertz CT molecular complexity index is 550. The highest BCUT2D eigenvalue weighted by Gasteiger charge is 2.22. The minimum atomic E-state index is 0. The van der Waals surface area contributed by atoms with Crippen LogP contribution in [0.15, 0.2) is 33.7 Å². The molecule has 1 N–H and O–H groups in total. The zero-order valence-corrected chi connectivity index (χ0v) is 19.8. The fraction of sp³-hybridized carbons (Fsp3) is 0.632. The van der Waals surface area contributed by atoms with Gasteiger partial charge in [-0.3, -0.25) is 4.99 Å². The number of guanidine groups is 1. The second-order valence-electron chi connectivity index (χ2n) is 6.97. The lowest BCUT2D eigenvalue weighted by Crippen LogP contribution is -2.46. The molecule has 1 aromatic rings. The van der Waals surface area contributed by atoms with Crippen LogP contribution in [0, 0.1) is 5.92 Å². The van der Waals surface area contributed by atoms with E-state index in [4.69, 9.17) is 0 Å². The molecule has 0 bridgehead atoms. The van der Waals surface area contributed by atoms with Crippen LogP contribution < -0.4 is 5.32 Å². The molecule has 1 unspecified atom stereocenters. The summed E-state index contributed by atoms with van der Waals surface area (Å²) in [6.45, 7) is 8.85. The molecule has 1 fully saturated rings. The van der Waals surface area contributed by atoms with Crippen LogP contribution in [0.4, 0.5) is 0 Å². The molecule has 0 radical (unpaired) electrons. The standard InChI is InChI=1S/C19H31BrN4.HI/c1-15(2)24-11-7-8-16(13-24)12-22-19(21-3)23(4)14-17-9-5-6-10-18(17)20;/h5-6,9-10,15-16H,7-8,11-14H2,1-4H3,(H,21,22);1H. The summed E-state index contributed by atoms with van der Waals surface area (Å²) in [5.74, 6) is 1.67. The lowest BCUT2D eigenvalue weighted by atomic mass is 9.97. The Balaban J connectivity index is 0.00000312. The van der Waals surface area contributed by atoms with Crippen molar-refractivity contribution in [2.24, 2.45) is 10.9 Å². The Morgan fingerprint density at radius 1 is 1.40 bits per heavy atom. The van der Waals surface area contributed by atoms with Crippen LogP contribution in [0.2, 0.25) is 0 Å². The predicted molar refractivity (Wildman–Crippen MR) is 122 cm³/mol. The average Bonchev–Trinajstić information content (AvgIpc) is 2.57. The SMILES string of the molecule is CN=C(NCC1CCCN(C(C)C)C1)N(C)Cc1ccccc1Br.I. The van der Waals surface area contributed by atoms with Crippen molar-refractivity contribution < 1.29 is 0 Å². The van der Waals surface area contributed by atoms with Gasteiger partial charge in [0.1, 0.15) is 0 Å². The van der Waals surface area contributed by atoms with E-state index in [0.717, 1.165) is 23.5 Å². The number of nitrogens with zero attached hydrogens (tertiary/aromatic N) is 3. The number of rotatable bonds is 5. The smallest absolute Gasteiger partial charge is 0.193 e. The predicted octanol–water partition coefficient (Wildman–Crippen LogP) is 4.19. The van der Waals surface area contributed by atoms with Crippen molar-refractivity contribution in [2.75, 3.05) is 33.7 Å². The van der Waals surface area contributed by atoms with E-state index >= 15 is 0 Å². The quantitative estimate of drug-likeness (QED) is 0.357. The molecule has 4 nitrogen and oxygen atoms in total. The maximum atomic E-state index is 4.45. The van der Waals surface area contributed by atoms with E-state index in [1.54, 1.807) is 0 Å². The summed E-state index contributed by atoms with van der Waals surface area (Å²) in [7, 11) is 3.95. The Morgan fingerprint density at radius 3 is 2.76 bits per heavy atom. The van der Waals surface area contributed by atoms with E-state index in [1.165, 1.54) is 31.5 Å². The molecule has 0 aliphatic carbocycles. The Kier molecular flexibility index (Phi) is 10.3. The zero-order valence-electron chi connectivity index (χ0n) is 15.8. The van der Waals surface area contributed by atoms with Crippen molar-refractivity contribution in [1.82, 2.24) is 15.1 Å². The molecule has 0 saturated carbocycles. The Labute approximate surface area is 178 Å². The zero-order chi connectivity index (χ0) is 17.5. The fourth-order valence-corrected chi connectivity index (χ4v) is 3.72. The van der Waals surface area contributed by atoms with Gasteiger partial charge < -0.3 is 15.1 Å². The number of benzene rings is 1. The molecule has 1 heterocycles. The summed E-state index contributed by atoms with van der Waals surface area (Å²) in [4.78, 5) is 9.23. The number of nitrogens with one attached hydrogen (secondary N) is 1. The van der Waals surface area contributed by atoms with Crippen LogP contribution in [0.3, 0.4) is 0 Å². The van der Waals surface area contributed by atoms with Crippen molar-refractivity contribution in [3.8, 4) is 0 Å². The molecular weight excluding hydrogens is 491 g/mol. The molecule has 142 valence electrons. The lowest BCUT2D eigenvalue weighted by Gasteiger charge is -2.36. The first-order valence-electron chi connectivity index (χ1n) is 8.90. The van der Waals surface area contributed by atoms with Crippen LogP contribution in [0.25, 0.3) is 0 Å². The van der Waals surface area contributed by atoms with Crippen LogP contribution in [0.5, 0.6) is 0 Å². The number of aliphatic imine (C=N–C) groups is 1. The Hall–Kier alpha value is -0.340. The second-order valence-corrected chi connectivity index (χ2v) is 7.83. The van der Waals surface area contributed by atoms with E-state index < -0.39 is 0 Å².